The van der Waals surface area contributed by atoms with Gasteiger partial charge in [0.1, 0.15) is 11.6 Å². The van der Waals surface area contributed by atoms with Crippen molar-refractivity contribution >= 4 is 15.9 Å². The van der Waals surface area contributed by atoms with Crippen LogP contribution in [0.5, 0.6) is 5.75 Å². The highest BCUT2D eigenvalue weighted by Gasteiger charge is 2.36. The summed E-state index contributed by atoms with van der Waals surface area (Å²) < 4.78 is 13.6. The van der Waals surface area contributed by atoms with E-state index in [9.17, 15) is 9.50 Å². The van der Waals surface area contributed by atoms with Crippen LogP contribution in [0.2, 0.25) is 0 Å². The van der Waals surface area contributed by atoms with Gasteiger partial charge in [0.05, 0.1) is 4.47 Å². The van der Waals surface area contributed by atoms with Crippen LogP contribution in [0.3, 0.4) is 0 Å². The molecule has 1 aromatic carbocycles. The topological polar surface area (TPSA) is 46.2 Å². The Kier molecular flexibility index (Phi) is 3.22. The number of phenolic OH excluding ortho intramolecular Hbond substituents is 1. The number of hydrogen-bond donors (Lipinski definition) is 2. The van der Waals surface area contributed by atoms with E-state index in [0.29, 0.717) is 11.0 Å². The first kappa shape index (κ1) is 11.9. The van der Waals surface area contributed by atoms with Crippen molar-refractivity contribution < 1.29 is 9.50 Å². The van der Waals surface area contributed by atoms with Crippen molar-refractivity contribution in [1.29, 1.82) is 0 Å². The van der Waals surface area contributed by atoms with E-state index in [1.54, 1.807) is 6.07 Å². The molecule has 16 heavy (non-hydrogen) atoms. The Hall–Kier alpha value is -0.610. The van der Waals surface area contributed by atoms with Crippen LogP contribution in [-0.4, -0.2) is 11.7 Å². The molecule has 0 unspecified atom stereocenters. The summed E-state index contributed by atoms with van der Waals surface area (Å²) in [7, 11) is 0. The van der Waals surface area contributed by atoms with Crippen LogP contribution in [-0.2, 0) is 5.41 Å². The van der Waals surface area contributed by atoms with Crippen LogP contribution < -0.4 is 5.73 Å². The fourth-order valence-corrected chi connectivity index (χ4v) is 2.94. The number of aromatic hydroxyl groups is 1. The van der Waals surface area contributed by atoms with Crippen molar-refractivity contribution in [2.45, 2.75) is 31.1 Å². The van der Waals surface area contributed by atoms with Crippen molar-refractivity contribution in [2.75, 3.05) is 6.54 Å². The Morgan fingerprint density at radius 3 is 2.56 bits per heavy atom. The lowest BCUT2D eigenvalue weighted by Gasteiger charge is -2.28. The van der Waals surface area contributed by atoms with Crippen molar-refractivity contribution in [2.24, 2.45) is 5.73 Å². The van der Waals surface area contributed by atoms with Gasteiger partial charge in [0, 0.05) is 23.6 Å². The molecule has 1 aromatic rings. The van der Waals surface area contributed by atoms with Crippen LogP contribution >= 0.6 is 15.9 Å². The molecule has 0 heterocycles. The number of nitrogens with two attached hydrogens (primary N) is 1. The number of phenols is 1. The summed E-state index contributed by atoms with van der Waals surface area (Å²) in [5, 5.41) is 9.86. The first-order valence-corrected chi connectivity index (χ1v) is 6.27. The van der Waals surface area contributed by atoms with E-state index < -0.39 is 5.82 Å². The molecule has 0 saturated heterocycles. The molecule has 0 spiro atoms. The molecule has 0 aromatic heterocycles. The Bertz CT molecular complexity index is 402. The zero-order valence-corrected chi connectivity index (χ0v) is 10.6. The lowest BCUT2D eigenvalue weighted by Crippen LogP contribution is -2.32. The average Bonchev–Trinajstić information content (AvgIpc) is 2.73. The summed E-state index contributed by atoms with van der Waals surface area (Å²) >= 11 is 3.15. The summed E-state index contributed by atoms with van der Waals surface area (Å²) in [6.07, 6.45) is 4.17. The molecule has 0 amide bonds. The first-order valence-electron chi connectivity index (χ1n) is 5.48. The second kappa shape index (κ2) is 4.34. The summed E-state index contributed by atoms with van der Waals surface area (Å²) in [6.45, 7) is 0.499. The minimum Gasteiger partial charge on any atom is -0.508 e. The summed E-state index contributed by atoms with van der Waals surface area (Å²) in [4.78, 5) is 0. The maximum atomic E-state index is 13.2. The first-order chi connectivity index (χ1) is 7.59. The van der Waals surface area contributed by atoms with Crippen molar-refractivity contribution in [1.82, 2.24) is 0 Å². The minimum absolute atomic E-state index is 0.0213. The van der Waals surface area contributed by atoms with Crippen molar-refractivity contribution in [3.05, 3.63) is 28.0 Å². The fourth-order valence-electron chi connectivity index (χ4n) is 2.60. The molecule has 4 heteroatoms. The van der Waals surface area contributed by atoms with E-state index in [0.717, 1.165) is 37.3 Å². The maximum absolute atomic E-state index is 13.2. The molecule has 1 aliphatic rings. The van der Waals surface area contributed by atoms with Gasteiger partial charge in [-0.2, -0.15) is 0 Å². The third kappa shape index (κ3) is 1.84. The van der Waals surface area contributed by atoms with Crippen molar-refractivity contribution in [3.8, 4) is 5.75 Å². The maximum Gasteiger partial charge on any atom is 0.141 e. The van der Waals surface area contributed by atoms with Gasteiger partial charge in [-0.25, -0.2) is 4.39 Å². The SMILES string of the molecule is NCC1(c2cc(Br)c(F)cc2O)CCCC1. The van der Waals surface area contributed by atoms with E-state index in [1.807, 2.05) is 0 Å². The Morgan fingerprint density at radius 1 is 1.38 bits per heavy atom. The van der Waals surface area contributed by atoms with Gasteiger partial charge in [-0.3, -0.25) is 0 Å². The largest absolute Gasteiger partial charge is 0.508 e. The average molecular weight is 288 g/mol. The zero-order valence-electron chi connectivity index (χ0n) is 8.97. The Labute approximate surface area is 103 Å². The molecular formula is C12H15BrFNO. The highest BCUT2D eigenvalue weighted by Crippen LogP contribution is 2.44. The predicted molar refractivity (Wildman–Crippen MR) is 65.0 cm³/mol. The highest BCUT2D eigenvalue weighted by molar-refractivity contribution is 9.10. The smallest absolute Gasteiger partial charge is 0.141 e. The number of rotatable bonds is 2. The van der Waals surface area contributed by atoms with Gasteiger partial charge in [-0.05, 0) is 34.8 Å². The van der Waals surface area contributed by atoms with Gasteiger partial charge in [0.25, 0.3) is 0 Å². The second-order valence-electron chi connectivity index (χ2n) is 4.48. The molecule has 3 N–H and O–H groups in total. The van der Waals surface area contributed by atoms with Crippen LogP contribution in [0.25, 0.3) is 0 Å². The van der Waals surface area contributed by atoms with E-state index in [2.05, 4.69) is 15.9 Å². The molecule has 1 fully saturated rings. The molecule has 1 aliphatic carbocycles. The fraction of sp³-hybridized carbons (Fsp3) is 0.500. The summed E-state index contributed by atoms with van der Waals surface area (Å²) in [5.74, 6) is -0.417. The zero-order chi connectivity index (χ0) is 11.8. The Morgan fingerprint density at radius 2 is 2.00 bits per heavy atom. The lowest BCUT2D eigenvalue weighted by molar-refractivity contribution is 0.402. The molecule has 2 rings (SSSR count). The molecule has 0 radical (unpaired) electrons. The van der Waals surface area contributed by atoms with Gasteiger partial charge < -0.3 is 10.8 Å². The highest BCUT2D eigenvalue weighted by atomic mass is 79.9. The molecule has 0 atom stereocenters. The molecule has 0 aliphatic heterocycles. The normalized spacial score (nSPS) is 18.9. The van der Waals surface area contributed by atoms with E-state index in [4.69, 9.17) is 5.73 Å². The molecular weight excluding hydrogens is 273 g/mol. The lowest BCUT2D eigenvalue weighted by atomic mass is 9.78. The third-order valence-electron chi connectivity index (χ3n) is 3.56. The molecule has 2 nitrogen and oxygen atoms in total. The third-order valence-corrected chi connectivity index (χ3v) is 4.17. The van der Waals surface area contributed by atoms with Crippen LogP contribution in [0, 0.1) is 5.82 Å². The van der Waals surface area contributed by atoms with E-state index in [1.165, 1.54) is 0 Å². The monoisotopic (exact) mass is 287 g/mol. The second-order valence-corrected chi connectivity index (χ2v) is 5.33. The van der Waals surface area contributed by atoms with Crippen LogP contribution in [0.4, 0.5) is 4.39 Å². The number of benzene rings is 1. The summed E-state index contributed by atoms with van der Waals surface area (Å²) in [6, 6.07) is 2.83. The Balaban J connectivity index is 2.50. The van der Waals surface area contributed by atoms with Crippen LogP contribution in [0.1, 0.15) is 31.2 Å². The minimum atomic E-state index is -0.439. The standard InChI is InChI=1S/C12H15BrFNO/c13-9-5-8(11(16)6-10(9)14)12(7-15)3-1-2-4-12/h5-6,16H,1-4,7,15H2. The summed E-state index contributed by atoms with van der Waals surface area (Å²) in [5.41, 5.74) is 6.45. The van der Waals surface area contributed by atoms with Gasteiger partial charge in [-0.1, -0.05) is 12.8 Å². The number of halogens is 2. The van der Waals surface area contributed by atoms with E-state index in [-0.39, 0.29) is 11.2 Å². The van der Waals surface area contributed by atoms with Crippen molar-refractivity contribution in [3.63, 3.8) is 0 Å². The van der Waals surface area contributed by atoms with Crippen LogP contribution in [0.15, 0.2) is 16.6 Å². The molecule has 88 valence electrons. The van der Waals surface area contributed by atoms with Gasteiger partial charge in [-0.15, -0.1) is 0 Å². The van der Waals surface area contributed by atoms with Gasteiger partial charge >= 0.3 is 0 Å². The van der Waals surface area contributed by atoms with Gasteiger partial charge in [0.15, 0.2) is 0 Å². The molecule has 0 bridgehead atoms. The quantitative estimate of drug-likeness (QED) is 0.878. The van der Waals surface area contributed by atoms with E-state index >= 15 is 0 Å². The molecule has 1 saturated carbocycles. The number of hydrogen-bond acceptors (Lipinski definition) is 2. The predicted octanol–water partition coefficient (Wildman–Crippen LogP) is 3.06. The van der Waals surface area contributed by atoms with Gasteiger partial charge in [0.2, 0.25) is 0 Å².